The number of benzene rings is 1. The van der Waals surface area contributed by atoms with Gasteiger partial charge in [-0.15, -0.1) is 11.8 Å². The van der Waals surface area contributed by atoms with E-state index in [2.05, 4.69) is 6.92 Å². The predicted molar refractivity (Wildman–Crippen MR) is 79.9 cm³/mol. The number of thioether (sulfide) groups is 1. The lowest BCUT2D eigenvalue weighted by Gasteiger charge is -2.33. The molecule has 0 heterocycles. The molecule has 104 valence electrons. The van der Waals surface area contributed by atoms with Gasteiger partial charge in [-0.1, -0.05) is 31.0 Å². The number of carboxylic acids is 1. The van der Waals surface area contributed by atoms with Gasteiger partial charge >= 0.3 is 5.97 Å². The van der Waals surface area contributed by atoms with Crippen molar-refractivity contribution >= 4 is 29.3 Å². The molecule has 0 bridgehead atoms. The summed E-state index contributed by atoms with van der Waals surface area (Å²) >= 11 is 7.66. The number of carbonyl (C=O) groups is 1. The standard InChI is InChI=1S/C15H19ClO2S/c1-2-10-6-7-13(15(17)18)14(8-10)19-12-5-3-4-11(16)9-12/h3-5,9-10,13-14H,2,6-8H2,1H3,(H,17,18). The zero-order chi connectivity index (χ0) is 13.8. The first-order chi connectivity index (χ1) is 9.10. The molecule has 1 aromatic carbocycles. The zero-order valence-corrected chi connectivity index (χ0v) is 12.6. The van der Waals surface area contributed by atoms with Crippen molar-refractivity contribution < 1.29 is 9.90 Å². The van der Waals surface area contributed by atoms with Crippen LogP contribution >= 0.6 is 23.4 Å². The SMILES string of the molecule is CCC1CCC(C(=O)O)C(Sc2cccc(Cl)c2)C1. The topological polar surface area (TPSA) is 37.3 Å². The van der Waals surface area contributed by atoms with Crippen molar-refractivity contribution in [2.75, 3.05) is 0 Å². The van der Waals surface area contributed by atoms with E-state index in [1.54, 1.807) is 11.8 Å². The number of aliphatic carboxylic acids is 1. The van der Waals surface area contributed by atoms with Crippen molar-refractivity contribution in [3.63, 3.8) is 0 Å². The maximum absolute atomic E-state index is 11.4. The Morgan fingerprint density at radius 2 is 2.26 bits per heavy atom. The van der Waals surface area contributed by atoms with E-state index >= 15 is 0 Å². The zero-order valence-electron chi connectivity index (χ0n) is 11.0. The van der Waals surface area contributed by atoms with E-state index in [1.807, 2.05) is 24.3 Å². The van der Waals surface area contributed by atoms with Crippen LogP contribution in [0.1, 0.15) is 32.6 Å². The number of hydrogen-bond donors (Lipinski definition) is 1. The third-order valence-electron chi connectivity index (χ3n) is 3.88. The third-order valence-corrected chi connectivity index (χ3v) is 5.46. The first kappa shape index (κ1) is 14.7. The summed E-state index contributed by atoms with van der Waals surface area (Å²) in [5, 5.41) is 10.2. The number of rotatable bonds is 4. The Morgan fingerprint density at radius 3 is 2.89 bits per heavy atom. The number of hydrogen-bond acceptors (Lipinski definition) is 2. The Morgan fingerprint density at radius 1 is 1.47 bits per heavy atom. The first-order valence-electron chi connectivity index (χ1n) is 6.75. The first-order valence-corrected chi connectivity index (χ1v) is 8.01. The van der Waals surface area contributed by atoms with Gasteiger partial charge in [0.2, 0.25) is 0 Å². The molecule has 3 unspecified atom stereocenters. The molecule has 1 aromatic rings. The predicted octanol–water partition coefficient (Wildman–Crippen LogP) is 4.71. The lowest BCUT2D eigenvalue weighted by Crippen LogP contribution is -2.32. The van der Waals surface area contributed by atoms with Crippen molar-refractivity contribution in [3.05, 3.63) is 29.3 Å². The molecular weight excluding hydrogens is 280 g/mol. The second kappa shape index (κ2) is 6.67. The van der Waals surface area contributed by atoms with Gasteiger partial charge in [0.05, 0.1) is 5.92 Å². The Bertz CT molecular complexity index is 450. The van der Waals surface area contributed by atoms with Gasteiger partial charge in [0.15, 0.2) is 0 Å². The van der Waals surface area contributed by atoms with Gasteiger partial charge in [-0.05, 0) is 43.4 Å². The molecule has 4 heteroatoms. The molecule has 0 spiro atoms. The third kappa shape index (κ3) is 3.90. The minimum absolute atomic E-state index is 0.162. The average molecular weight is 299 g/mol. The van der Waals surface area contributed by atoms with Crippen LogP contribution in [0.15, 0.2) is 29.2 Å². The maximum Gasteiger partial charge on any atom is 0.307 e. The van der Waals surface area contributed by atoms with Crippen LogP contribution in [0.5, 0.6) is 0 Å². The summed E-state index contributed by atoms with van der Waals surface area (Å²) in [4.78, 5) is 12.4. The highest BCUT2D eigenvalue weighted by atomic mass is 35.5. The second-order valence-corrected chi connectivity index (χ2v) is 6.89. The Labute approximate surface area is 123 Å². The van der Waals surface area contributed by atoms with E-state index in [0.29, 0.717) is 10.9 Å². The lowest BCUT2D eigenvalue weighted by atomic mass is 9.80. The molecule has 0 saturated heterocycles. The molecule has 1 fully saturated rings. The van der Waals surface area contributed by atoms with Crippen LogP contribution in [0.3, 0.4) is 0 Å². The van der Waals surface area contributed by atoms with E-state index in [0.717, 1.165) is 30.6 Å². The summed E-state index contributed by atoms with van der Waals surface area (Å²) in [6.07, 6.45) is 3.97. The normalized spacial score (nSPS) is 27.2. The highest BCUT2D eigenvalue weighted by Crippen LogP contribution is 2.41. The molecule has 2 rings (SSSR count). The van der Waals surface area contributed by atoms with Crippen molar-refractivity contribution in [3.8, 4) is 0 Å². The molecule has 1 aliphatic rings. The Balaban J connectivity index is 2.11. The molecule has 1 N–H and O–H groups in total. The summed E-state index contributed by atoms with van der Waals surface area (Å²) in [6.45, 7) is 2.19. The summed E-state index contributed by atoms with van der Waals surface area (Å²) in [7, 11) is 0. The molecule has 0 aromatic heterocycles. The number of halogens is 1. The monoisotopic (exact) mass is 298 g/mol. The molecular formula is C15H19ClO2S. The van der Waals surface area contributed by atoms with Crippen molar-refractivity contribution in [1.29, 1.82) is 0 Å². The summed E-state index contributed by atoms with van der Waals surface area (Å²) in [6, 6.07) is 7.68. The van der Waals surface area contributed by atoms with Crippen LogP contribution in [-0.4, -0.2) is 16.3 Å². The van der Waals surface area contributed by atoms with Crippen LogP contribution < -0.4 is 0 Å². The fourth-order valence-corrected chi connectivity index (χ4v) is 4.45. The summed E-state index contributed by atoms with van der Waals surface area (Å²) in [5.41, 5.74) is 0. The summed E-state index contributed by atoms with van der Waals surface area (Å²) < 4.78 is 0. The van der Waals surface area contributed by atoms with Crippen molar-refractivity contribution in [1.82, 2.24) is 0 Å². The van der Waals surface area contributed by atoms with Gasteiger partial charge in [-0.3, -0.25) is 4.79 Å². The molecule has 0 amide bonds. The Kier molecular flexibility index (Phi) is 5.17. The summed E-state index contributed by atoms with van der Waals surface area (Å²) in [5.74, 6) is -0.229. The van der Waals surface area contributed by atoms with Crippen LogP contribution in [0.2, 0.25) is 5.02 Å². The van der Waals surface area contributed by atoms with E-state index < -0.39 is 5.97 Å². The van der Waals surface area contributed by atoms with Crippen molar-refractivity contribution in [2.45, 2.75) is 42.8 Å². The van der Waals surface area contributed by atoms with Crippen LogP contribution in [-0.2, 0) is 4.79 Å². The average Bonchev–Trinajstić information content (AvgIpc) is 2.38. The highest BCUT2D eigenvalue weighted by Gasteiger charge is 2.35. The second-order valence-electron chi connectivity index (χ2n) is 5.15. The maximum atomic E-state index is 11.4. The minimum atomic E-state index is -0.658. The lowest BCUT2D eigenvalue weighted by molar-refractivity contribution is -0.142. The van der Waals surface area contributed by atoms with Gasteiger partial charge in [0.25, 0.3) is 0 Å². The van der Waals surface area contributed by atoms with Gasteiger partial charge in [0, 0.05) is 15.2 Å². The molecule has 1 aliphatic carbocycles. The van der Waals surface area contributed by atoms with Gasteiger partial charge < -0.3 is 5.11 Å². The van der Waals surface area contributed by atoms with E-state index in [-0.39, 0.29) is 11.2 Å². The molecule has 3 atom stereocenters. The minimum Gasteiger partial charge on any atom is -0.481 e. The van der Waals surface area contributed by atoms with E-state index in [9.17, 15) is 9.90 Å². The van der Waals surface area contributed by atoms with E-state index in [1.165, 1.54) is 0 Å². The molecule has 0 aliphatic heterocycles. The largest absolute Gasteiger partial charge is 0.481 e. The molecule has 1 saturated carbocycles. The molecule has 19 heavy (non-hydrogen) atoms. The fourth-order valence-electron chi connectivity index (χ4n) is 2.71. The quantitative estimate of drug-likeness (QED) is 0.874. The highest BCUT2D eigenvalue weighted by molar-refractivity contribution is 8.00. The number of carboxylic acid groups (broad SMARTS) is 1. The molecule has 0 radical (unpaired) electrons. The Hall–Kier alpha value is -0.670. The molecule has 2 nitrogen and oxygen atoms in total. The smallest absolute Gasteiger partial charge is 0.307 e. The van der Waals surface area contributed by atoms with Gasteiger partial charge in [-0.25, -0.2) is 0 Å². The van der Waals surface area contributed by atoms with Gasteiger partial charge in [-0.2, -0.15) is 0 Å². The van der Waals surface area contributed by atoms with Crippen molar-refractivity contribution in [2.24, 2.45) is 11.8 Å². The van der Waals surface area contributed by atoms with Gasteiger partial charge in [0.1, 0.15) is 0 Å². The fraction of sp³-hybridized carbons (Fsp3) is 0.533. The van der Waals surface area contributed by atoms with E-state index in [4.69, 9.17) is 11.6 Å². The van der Waals surface area contributed by atoms with Crippen LogP contribution in [0, 0.1) is 11.8 Å². The van der Waals surface area contributed by atoms with Crippen LogP contribution in [0.4, 0.5) is 0 Å². The van der Waals surface area contributed by atoms with Crippen LogP contribution in [0.25, 0.3) is 0 Å².